The minimum Gasteiger partial charge on any atom is -0.481 e. The van der Waals surface area contributed by atoms with E-state index < -0.39 is 5.97 Å². The van der Waals surface area contributed by atoms with Crippen molar-refractivity contribution in [2.75, 3.05) is 0 Å². The third-order valence-corrected chi connectivity index (χ3v) is 3.02. The predicted molar refractivity (Wildman–Crippen MR) is 55.3 cm³/mol. The Labute approximate surface area is 91.3 Å². The number of hydrogen-bond acceptors (Lipinski definition) is 3. The van der Waals surface area contributed by atoms with Gasteiger partial charge in [0.25, 0.3) is 5.78 Å². The Balaban J connectivity index is 1.89. The number of nitrogens with one attached hydrogen (secondary N) is 1. The van der Waals surface area contributed by atoms with Crippen LogP contribution in [-0.2, 0) is 11.2 Å². The molecule has 6 heteroatoms. The second-order valence-electron chi connectivity index (χ2n) is 4.21. The molecule has 1 saturated carbocycles. The third kappa shape index (κ3) is 1.46. The zero-order chi connectivity index (χ0) is 11.1. The molecule has 1 fully saturated rings. The van der Waals surface area contributed by atoms with Gasteiger partial charge in [0.1, 0.15) is 5.82 Å². The maximum Gasteiger partial charge on any atom is 0.309 e. The highest BCUT2D eigenvalue weighted by Gasteiger charge is 2.23. The number of imidazole rings is 1. The molecule has 0 aromatic carbocycles. The smallest absolute Gasteiger partial charge is 0.309 e. The first-order valence-electron chi connectivity index (χ1n) is 5.38. The zero-order valence-electron chi connectivity index (χ0n) is 8.68. The van der Waals surface area contributed by atoms with Crippen LogP contribution in [0.5, 0.6) is 0 Å². The molecule has 16 heavy (non-hydrogen) atoms. The van der Waals surface area contributed by atoms with E-state index in [9.17, 15) is 4.79 Å². The average Bonchev–Trinajstić information content (AvgIpc) is 2.56. The highest BCUT2D eigenvalue weighted by atomic mass is 16.4. The van der Waals surface area contributed by atoms with Crippen LogP contribution in [0.1, 0.15) is 36.7 Å². The Morgan fingerprint density at radius 3 is 2.94 bits per heavy atom. The SMILES string of the molecule is O=C(O)Cc1cn2[nH]c(C3CCC3)nc2n1. The number of hydrogen-bond donors (Lipinski definition) is 2. The summed E-state index contributed by atoms with van der Waals surface area (Å²) in [6.45, 7) is 0. The summed E-state index contributed by atoms with van der Waals surface area (Å²) in [6.07, 6.45) is 5.25. The lowest BCUT2D eigenvalue weighted by Crippen LogP contribution is -2.10. The molecular weight excluding hydrogens is 208 g/mol. The zero-order valence-corrected chi connectivity index (χ0v) is 8.68. The molecule has 0 aliphatic heterocycles. The van der Waals surface area contributed by atoms with Gasteiger partial charge >= 0.3 is 5.97 Å². The monoisotopic (exact) mass is 220 g/mol. The molecule has 84 valence electrons. The summed E-state index contributed by atoms with van der Waals surface area (Å²) in [5, 5.41) is 11.8. The summed E-state index contributed by atoms with van der Waals surface area (Å²) < 4.78 is 1.70. The molecule has 0 unspecified atom stereocenters. The Morgan fingerprint density at radius 1 is 1.56 bits per heavy atom. The van der Waals surface area contributed by atoms with Gasteiger partial charge in [0.2, 0.25) is 0 Å². The van der Waals surface area contributed by atoms with Crippen molar-refractivity contribution >= 4 is 11.7 Å². The number of aromatic nitrogens is 4. The van der Waals surface area contributed by atoms with Gasteiger partial charge < -0.3 is 5.11 Å². The van der Waals surface area contributed by atoms with Gasteiger partial charge in [-0.25, -0.2) is 9.50 Å². The van der Waals surface area contributed by atoms with Crippen LogP contribution in [0.25, 0.3) is 5.78 Å². The quantitative estimate of drug-likeness (QED) is 0.806. The van der Waals surface area contributed by atoms with Crippen molar-refractivity contribution in [3.8, 4) is 0 Å². The Kier molecular flexibility index (Phi) is 1.95. The van der Waals surface area contributed by atoms with Crippen molar-refractivity contribution in [3.63, 3.8) is 0 Å². The van der Waals surface area contributed by atoms with Crippen LogP contribution in [0.2, 0.25) is 0 Å². The van der Waals surface area contributed by atoms with Gasteiger partial charge in [-0.15, -0.1) is 0 Å². The van der Waals surface area contributed by atoms with Gasteiger partial charge in [-0.05, 0) is 12.8 Å². The Bertz CT molecular complexity index is 506. The molecule has 0 amide bonds. The lowest BCUT2D eigenvalue weighted by Gasteiger charge is -2.22. The van der Waals surface area contributed by atoms with E-state index in [-0.39, 0.29) is 6.42 Å². The second-order valence-corrected chi connectivity index (χ2v) is 4.21. The van der Waals surface area contributed by atoms with E-state index in [1.807, 2.05) is 0 Å². The molecule has 2 N–H and O–H groups in total. The van der Waals surface area contributed by atoms with Crippen LogP contribution in [0.15, 0.2) is 6.20 Å². The van der Waals surface area contributed by atoms with E-state index in [0.29, 0.717) is 17.4 Å². The van der Waals surface area contributed by atoms with Gasteiger partial charge in [0.05, 0.1) is 18.3 Å². The van der Waals surface area contributed by atoms with Crippen molar-refractivity contribution in [2.45, 2.75) is 31.6 Å². The number of aliphatic carboxylic acids is 1. The first kappa shape index (κ1) is 9.38. The lowest BCUT2D eigenvalue weighted by atomic mass is 9.85. The predicted octanol–water partition coefficient (Wildman–Crippen LogP) is 0.952. The molecule has 1 aliphatic carbocycles. The summed E-state index contributed by atoms with van der Waals surface area (Å²) in [4.78, 5) is 19.0. The van der Waals surface area contributed by atoms with Crippen LogP contribution in [-0.4, -0.2) is 30.7 Å². The number of H-pyrrole nitrogens is 1. The minimum absolute atomic E-state index is 0.0596. The summed E-state index contributed by atoms with van der Waals surface area (Å²) in [5.41, 5.74) is 0.534. The van der Waals surface area contributed by atoms with Crippen LogP contribution >= 0.6 is 0 Å². The summed E-state index contributed by atoms with van der Waals surface area (Å²) in [6, 6.07) is 0. The fourth-order valence-corrected chi connectivity index (χ4v) is 1.94. The van der Waals surface area contributed by atoms with Crippen LogP contribution in [0.4, 0.5) is 0 Å². The van der Waals surface area contributed by atoms with E-state index >= 15 is 0 Å². The first-order chi connectivity index (χ1) is 7.72. The normalized spacial score (nSPS) is 16.5. The molecule has 1 aliphatic rings. The van der Waals surface area contributed by atoms with Gasteiger partial charge in [-0.1, -0.05) is 6.42 Å². The van der Waals surface area contributed by atoms with E-state index in [4.69, 9.17) is 5.11 Å². The van der Waals surface area contributed by atoms with Crippen LogP contribution < -0.4 is 0 Å². The highest BCUT2D eigenvalue weighted by Crippen LogP contribution is 2.34. The molecule has 0 spiro atoms. The molecule has 2 aromatic rings. The summed E-state index contributed by atoms with van der Waals surface area (Å²) in [5.74, 6) is 1.19. The molecule has 0 radical (unpaired) electrons. The van der Waals surface area contributed by atoms with Gasteiger partial charge in [-0.3, -0.25) is 9.89 Å². The van der Waals surface area contributed by atoms with E-state index in [1.165, 1.54) is 19.3 Å². The van der Waals surface area contributed by atoms with Crippen molar-refractivity contribution in [3.05, 3.63) is 17.7 Å². The average molecular weight is 220 g/mol. The largest absolute Gasteiger partial charge is 0.481 e. The summed E-state index contributed by atoms with van der Waals surface area (Å²) in [7, 11) is 0. The molecule has 0 bridgehead atoms. The molecule has 3 rings (SSSR count). The Morgan fingerprint density at radius 2 is 2.38 bits per heavy atom. The third-order valence-electron chi connectivity index (χ3n) is 3.02. The maximum atomic E-state index is 10.5. The minimum atomic E-state index is -0.875. The molecule has 2 aromatic heterocycles. The number of carbonyl (C=O) groups is 1. The number of carboxylic acids is 1. The number of carboxylic acid groups (broad SMARTS) is 1. The van der Waals surface area contributed by atoms with Crippen molar-refractivity contribution in [1.82, 2.24) is 19.6 Å². The molecule has 6 nitrogen and oxygen atoms in total. The van der Waals surface area contributed by atoms with E-state index in [2.05, 4.69) is 15.1 Å². The molecule has 0 atom stereocenters. The molecule has 0 saturated heterocycles. The van der Waals surface area contributed by atoms with Crippen molar-refractivity contribution < 1.29 is 9.90 Å². The van der Waals surface area contributed by atoms with Gasteiger partial charge in [0.15, 0.2) is 0 Å². The number of rotatable bonds is 3. The number of fused-ring (bicyclic) bond motifs is 1. The van der Waals surface area contributed by atoms with Crippen molar-refractivity contribution in [1.29, 1.82) is 0 Å². The highest BCUT2D eigenvalue weighted by molar-refractivity contribution is 5.69. The van der Waals surface area contributed by atoms with Crippen LogP contribution in [0.3, 0.4) is 0 Å². The molecule has 2 heterocycles. The van der Waals surface area contributed by atoms with E-state index in [0.717, 1.165) is 5.82 Å². The van der Waals surface area contributed by atoms with Crippen LogP contribution in [0, 0.1) is 0 Å². The Hall–Kier alpha value is -1.85. The lowest BCUT2D eigenvalue weighted by molar-refractivity contribution is -0.136. The number of aromatic amines is 1. The fourth-order valence-electron chi connectivity index (χ4n) is 1.94. The van der Waals surface area contributed by atoms with E-state index in [1.54, 1.807) is 10.7 Å². The molecular formula is C10H12N4O2. The fraction of sp³-hybridized carbons (Fsp3) is 0.500. The topological polar surface area (TPSA) is 83.3 Å². The number of nitrogens with zero attached hydrogens (tertiary/aromatic N) is 3. The maximum absolute atomic E-state index is 10.5. The summed E-state index contributed by atoms with van der Waals surface area (Å²) >= 11 is 0. The standard InChI is InChI=1S/C10H12N4O2/c15-8(16)4-7-5-14-10(11-7)12-9(13-14)6-2-1-3-6/h5-6H,1-4H2,(H,15,16)(H,11,12,13). The second kappa shape index (κ2) is 3.33. The van der Waals surface area contributed by atoms with Gasteiger partial charge in [0, 0.05) is 5.92 Å². The van der Waals surface area contributed by atoms with Crippen molar-refractivity contribution in [2.24, 2.45) is 0 Å². The van der Waals surface area contributed by atoms with Gasteiger partial charge in [-0.2, -0.15) is 4.98 Å². The first-order valence-corrected chi connectivity index (χ1v) is 5.38.